The van der Waals surface area contributed by atoms with Gasteiger partial charge in [0.15, 0.2) is 0 Å². The van der Waals surface area contributed by atoms with Gasteiger partial charge in [-0.3, -0.25) is 14.4 Å². The lowest BCUT2D eigenvalue weighted by molar-refractivity contribution is -0.192. The minimum Gasteiger partial charge on any atom is -0.475 e. The summed E-state index contributed by atoms with van der Waals surface area (Å²) in [7, 11) is 3.86. The smallest absolute Gasteiger partial charge is 0.475 e. The van der Waals surface area contributed by atoms with Gasteiger partial charge in [0, 0.05) is 50.6 Å². The van der Waals surface area contributed by atoms with Crippen LogP contribution in [0.25, 0.3) is 5.69 Å². The summed E-state index contributed by atoms with van der Waals surface area (Å²) in [6, 6.07) is 10.0. The number of carbonyl (C=O) groups excluding carboxylic acids is 1. The number of para-hydroxylation sites is 1. The van der Waals surface area contributed by atoms with Crippen molar-refractivity contribution in [1.82, 2.24) is 29.4 Å². The highest BCUT2D eigenvalue weighted by molar-refractivity contribution is 5.96. The second-order valence-corrected chi connectivity index (χ2v) is 9.21. The summed E-state index contributed by atoms with van der Waals surface area (Å²) in [5.41, 5.74) is 3.90. The maximum Gasteiger partial charge on any atom is 0.490 e. The van der Waals surface area contributed by atoms with Crippen molar-refractivity contribution in [2.24, 2.45) is 7.05 Å². The van der Waals surface area contributed by atoms with Crippen molar-refractivity contribution in [3.8, 4) is 5.69 Å². The molecule has 1 amide bonds. The van der Waals surface area contributed by atoms with Gasteiger partial charge >= 0.3 is 12.1 Å². The molecule has 1 aromatic carbocycles. The molecule has 36 heavy (non-hydrogen) atoms. The van der Waals surface area contributed by atoms with Crippen LogP contribution in [0.15, 0.2) is 48.9 Å². The standard InChI is InChI=1S/C22H26N6O.C2HF3O2/c1-25-16-22(8-10-27(11-9-22)14-17-12-23-26(2)13-17)20-19(21(25)29)15-28(24-20)18-6-4-3-5-7-18;3-2(4,5)1(6)7/h3-7,12-13,15H,8-11,14,16H2,1-2H3;(H,6,7). The fourth-order valence-electron chi connectivity index (χ4n) is 4.79. The molecule has 2 aliphatic heterocycles. The van der Waals surface area contributed by atoms with Crippen LogP contribution in [0.3, 0.4) is 0 Å². The van der Waals surface area contributed by atoms with Gasteiger partial charge in [-0.2, -0.15) is 23.4 Å². The maximum absolute atomic E-state index is 12.8. The van der Waals surface area contributed by atoms with Gasteiger partial charge in [0.25, 0.3) is 5.91 Å². The Morgan fingerprint density at radius 2 is 1.75 bits per heavy atom. The fraction of sp³-hybridized carbons (Fsp3) is 0.417. The van der Waals surface area contributed by atoms with E-state index in [0.29, 0.717) is 0 Å². The average Bonchev–Trinajstić information content (AvgIpc) is 3.47. The first-order chi connectivity index (χ1) is 17.0. The van der Waals surface area contributed by atoms with Crippen LogP contribution in [-0.2, 0) is 23.8 Å². The van der Waals surface area contributed by atoms with Crippen molar-refractivity contribution in [1.29, 1.82) is 0 Å². The summed E-state index contributed by atoms with van der Waals surface area (Å²) in [5.74, 6) is -2.68. The van der Waals surface area contributed by atoms with E-state index in [0.717, 1.165) is 56.0 Å². The van der Waals surface area contributed by atoms with Gasteiger partial charge in [-0.15, -0.1) is 0 Å². The van der Waals surface area contributed by atoms with Crippen molar-refractivity contribution in [3.63, 3.8) is 0 Å². The Bertz CT molecular complexity index is 1230. The molecule has 0 bridgehead atoms. The van der Waals surface area contributed by atoms with E-state index in [1.807, 2.05) is 71.1 Å². The lowest BCUT2D eigenvalue weighted by Gasteiger charge is -2.45. The van der Waals surface area contributed by atoms with Gasteiger partial charge in [0.1, 0.15) is 0 Å². The number of aromatic nitrogens is 4. The van der Waals surface area contributed by atoms with Crippen LogP contribution in [0.2, 0.25) is 0 Å². The van der Waals surface area contributed by atoms with E-state index in [1.165, 1.54) is 5.56 Å². The normalized spacial score (nSPS) is 17.5. The number of benzene rings is 1. The van der Waals surface area contributed by atoms with Gasteiger partial charge in [0.05, 0.1) is 23.1 Å². The number of hydrogen-bond donors (Lipinski definition) is 1. The third-order valence-corrected chi connectivity index (χ3v) is 6.57. The minimum atomic E-state index is -5.08. The number of hydrogen-bond acceptors (Lipinski definition) is 5. The van der Waals surface area contributed by atoms with Gasteiger partial charge in [-0.1, -0.05) is 18.2 Å². The Labute approximate surface area is 205 Å². The Hall–Kier alpha value is -3.67. The number of rotatable bonds is 3. The molecule has 0 atom stereocenters. The molecule has 4 heterocycles. The van der Waals surface area contributed by atoms with E-state index in [4.69, 9.17) is 15.0 Å². The zero-order valence-electron chi connectivity index (χ0n) is 19.9. The van der Waals surface area contributed by atoms with Crippen LogP contribution in [0.5, 0.6) is 0 Å². The highest BCUT2D eigenvalue weighted by Crippen LogP contribution is 2.41. The van der Waals surface area contributed by atoms with Crippen molar-refractivity contribution < 1.29 is 27.9 Å². The number of aryl methyl sites for hydroxylation is 1. The third kappa shape index (κ3) is 5.27. The molecule has 2 aliphatic rings. The number of carbonyl (C=O) groups is 2. The lowest BCUT2D eigenvalue weighted by atomic mass is 9.72. The van der Waals surface area contributed by atoms with E-state index in [2.05, 4.69) is 16.2 Å². The van der Waals surface area contributed by atoms with E-state index in [9.17, 15) is 18.0 Å². The molecule has 12 heteroatoms. The topological polar surface area (TPSA) is 96.5 Å². The van der Waals surface area contributed by atoms with Crippen LogP contribution >= 0.6 is 0 Å². The van der Waals surface area contributed by atoms with Crippen LogP contribution in [0, 0.1) is 0 Å². The van der Waals surface area contributed by atoms with Gasteiger partial charge in [-0.25, -0.2) is 9.48 Å². The second-order valence-electron chi connectivity index (χ2n) is 9.21. The molecule has 0 unspecified atom stereocenters. The summed E-state index contributed by atoms with van der Waals surface area (Å²) >= 11 is 0. The average molecular weight is 505 g/mol. The number of fused-ring (bicyclic) bond motifs is 2. The van der Waals surface area contributed by atoms with Crippen LogP contribution in [0.4, 0.5) is 13.2 Å². The molecule has 5 rings (SSSR count). The molecular formula is C24H27F3N6O3. The first kappa shape index (κ1) is 25.4. The number of alkyl halides is 3. The minimum absolute atomic E-state index is 0.0660. The van der Waals surface area contributed by atoms with E-state index >= 15 is 0 Å². The van der Waals surface area contributed by atoms with Crippen LogP contribution < -0.4 is 0 Å². The zero-order chi connectivity index (χ0) is 26.1. The first-order valence-corrected chi connectivity index (χ1v) is 11.4. The van der Waals surface area contributed by atoms with Gasteiger partial charge < -0.3 is 10.0 Å². The molecule has 2 aromatic heterocycles. The first-order valence-electron chi connectivity index (χ1n) is 11.4. The molecule has 192 valence electrons. The molecule has 1 saturated heterocycles. The Balaban J connectivity index is 0.000000384. The number of likely N-dealkylation sites (tertiary alicyclic amines) is 1. The van der Waals surface area contributed by atoms with Gasteiger partial charge in [-0.05, 0) is 38.1 Å². The molecule has 1 N–H and O–H groups in total. The van der Waals surface area contributed by atoms with E-state index in [-0.39, 0.29) is 11.3 Å². The van der Waals surface area contributed by atoms with Crippen molar-refractivity contribution in [3.05, 3.63) is 65.7 Å². The van der Waals surface area contributed by atoms with E-state index < -0.39 is 12.1 Å². The summed E-state index contributed by atoms with van der Waals surface area (Å²) in [5, 5.41) is 16.3. The summed E-state index contributed by atoms with van der Waals surface area (Å²) in [4.78, 5) is 26.1. The Morgan fingerprint density at radius 1 is 1.11 bits per heavy atom. The van der Waals surface area contributed by atoms with Crippen LogP contribution in [-0.4, -0.2) is 79.2 Å². The quantitative estimate of drug-likeness (QED) is 0.589. The second kappa shape index (κ2) is 9.76. The molecular weight excluding hydrogens is 477 g/mol. The number of carboxylic acids is 1. The zero-order valence-corrected chi connectivity index (χ0v) is 19.9. The molecule has 1 spiro atoms. The molecule has 0 saturated carbocycles. The molecule has 9 nitrogen and oxygen atoms in total. The fourth-order valence-corrected chi connectivity index (χ4v) is 4.79. The molecule has 0 aliphatic carbocycles. The number of amides is 1. The predicted molar refractivity (Wildman–Crippen MR) is 124 cm³/mol. The number of likely N-dealkylation sites (N-methyl/N-ethyl adjacent to an activating group) is 1. The largest absolute Gasteiger partial charge is 0.490 e. The molecule has 3 aromatic rings. The predicted octanol–water partition coefficient (Wildman–Crippen LogP) is 2.86. The SMILES string of the molecule is CN1CC2(CCN(Cc3cnn(C)c3)CC2)c2nn(-c3ccccc3)cc2C1=O.O=C(O)C(F)(F)F. The van der Waals surface area contributed by atoms with Crippen molar-refractivity contribution >= 4 is 11.9 Å². The van der Waals surface area contributed by atoms with E-state index in [1.54, 1.807) is 0 Å². The number of nitrogens with zero attached hydrogens (tertiary/aromatic N) is 6. The Kier molecular flexibility index (Phi) is 6.90. The number of halogens is 3. The summed E-state index contributed by atoms with van der Waals surface area (Å²) in [6.45, 7) is 3.65. The third-order valence-electron chi connectivity index (χ3n) is 6.57. The van der Waals surface area contributed by atoms with Crippen LogP contribution in [0.1, 0.15) is 34.5 Å². The van der Waals surface area contributed by atoms with Crippen molar-refractivity contribution in [2.75, 3.05) is 26.7 Å². The van der Waals surface area contributed by atoms with Crippen molar-refractivity contribution in [2.45, 2.75) is 31.0 Å². The maximum atomic E-state index is 12.8. The summed E-state index contributed by atoms with van der Waals surface area (Å²) in [6.07, 6.45) is 2.86. The lowest BCUT2D eigenvalue weighted by Crippen LogP contribution is -2.53. The highest BCUT2D eigenvalue weighted by atomic mass is 19.4. The highest BCUT2D eigenvalue weighted by Gasteiger charge is 2.46. The number of carboxylic acid groups (broad SMARTS) is 1. The number of aliphatic carboxylic acids is 1. The summed E-state index contributed by atoms with van der Waals surface area (Å²) < 4.78 is 35.5. The molecule has 1 fully saturated rings. The number of piperidine rings is 1. The monoisotopic (exact) mass is 504 g/mol. The Morgan fingerprint density at radius 3 is 2.31 bits per heavy atom. The molecule has 0 radical (unpaired) electrons. The van der Waals surface area contributed by atoms with Gasteiger partial charge in [0.2, 0.25) is 0 Å².